The van der Waals surface area contributed by atoms with Crippen molar-refractivity contribution in [3.05, 3.63) is 5.21 Å². The highest BCUT2D eigenvalue weighted by Gasteiger charge is 2.45. The lowest BCUT2D eigenvalue weighted by Gasteiger charge is -2.48. The zero-order valence-electron chi connectivity index (χ0n) is 39.0. The Balaban J connectivity index is 2.52. The summed E-state index contributed by atoms with van der Waals surface area (Å²) in [5.74, 6) is -0.953. The van der Waals surface area contributed by atoms with Crippen LogP contribution in [0.25, 0.3) is 0 Å². The van der Waals surface area contributed by atoms with E-state index in [1.54, 1.807) is 0 Å². The molecule has 59 heavy (non-hydrogen) atoms. The fourth-order valence-corrected chi connectivity index (χ4v) is 8.28. The first-order chi connectivity index (χ1) is 28.1. The Morgan fingerprint density at radius 3 is 1.53 bits per heavy atom. The number of carbonyl (C=O) groups is 2. The van der Waals surface area contributed by atoms with E-state index in [1.165, 1.54) is 108 Å². The van der Waals surface area contributed by atoms with Crippen molar-refractivity contribution in [1.82, 2.24) is 5.06 Å². The summed E-state index contributed by atoms with van der Waals surface area (Å²) in [5.41, 5.74) is -1.40. The van der Waals surface area contributed by atoms with Crippen LogP contribution in [0.4, 0.5) is 0 Å². The number of carbonyl (C=O) groups excluding carboxylic acids is 2. The lowest BCUT2D eigenvalue weighted by molar-refractivity contribution is -0.870. The van der Waals surface area contributed by atoms with E-state index in [0.717, 1.165) is 44.9 Å². The Bertz CT molecular complexity index is 1120. The SMILES string of the molecule is CCCCCCCCCCCCCCCC(=O)OC(COC(=O)CCCCCC1(CCCCCCCCCCC)OCC(C)(C)N1[O-])COP([O])(=O)OCC[N+](C)(C)C. The van der Waals surface area contributed by atoms with Gasteiger partial charge in [0, 0.05) is 18.4 Å². The summed E-state index contributed by atoms with van der Waals surface area (Å²) in [6.45, 7) is 8.30. The monoisotopic (exact) mass is 862 g/mol. The lowest BCUT2D eigenvalue weighted by atomic mass is 9.95. The number of hydroxylamine groups is 2. The highest BCUT2D eigenvalue weighted by molar-refractivity contribution is 7.47. The third kappa shape index (κ3) is 29.0. The van der Waals surface area contributed by atoms with Crippen LogP contribution in [-0.4, -0.2) is 93.0 Å². The summed E-state index contributed by atoms with van der Waals surface area (Å²) in [7, 11) is 1.08. The zero-order chi connectivity index (χ0) is 43.9. The molecule has 0 bridgehead atoms. The number of hydrogen-bond donors (Lipinski definition) is 0. The lowest BCUT2D eigenvalue weighted by Crippen LogP contribution is -2.48. The van der Waals surface area contributed by atoms with E-state index in [1.807, 2.05) is 35.0 Å². The largest absolute Gasteiger partial charge is 0.783 e. The van der Waals surface area contributed by atoms with Gasteiger partial charge in [0.2, 0.25) is 0 Å². The van der Waals surface area contributed by atoms with Gasteiger partial charge < -0.3 is 29.0 Å². The molecule has 0 saturated carbocycles. The zero-order valence-corrected chi connectivity index (χ0v) is 39.9. The van der Waals surface area contributed by atoms with E-state index in [0.29, 0.717) is 43.3 Å². The predicted octanol–water partition coefficient (Wildman–Crippen LogP) is 12.4. The summed E-state index contributed by atoms with van der Waals surface area (Å²) < 4.78 is 40.3. The first-order valence-electron chi connectivity index (χ1n) is 23.9. The molecule has 1 fully saturated rings. The molecule has 0 amide bonds. The van der Waals surface area contributed by atoms with Gasteiger partial charge in [-0.1, -0.05) is 149 Å². The first kappa shape index (κ1) is 55.9. The van der Waals surface area contributed by atoms with Crippen molar-refractivity contribution in [2.24, 2.45) is 0 Å². The van der Waals surface area contributed by atoms with Crippen molar-refractivity contribution < 1.29 is 46.8 Å². The van der Waals surface area contributed by atoms with E-state index < -0.39 is 43.7 Å². The van der Waals surface area contributed by atoms with Gasteiger partial charge in [-0.15, -0.1) is 4.89 Å². The molecule has 1 aliphatic heterocycles. The quantitative estimate of drug-likeness (QED) is 0.0253. The molecule has 0 spiro atoms. The van der Waals surface area contributed by atoms with E-state index in [9.17, 15) is 24.3 Å². The maximum absolute atomic E-state index is 13.4. The van der Waals surface area contributed by atoms with Crippen molar-refractivity contribution in [3.8, 4) is 0 Å². The van der Waals surface area contributed by atoms with Crippen LogP contribution in [-0.2, 0) is 42.3 Å². The van der Waals surface area contributed by atoms with Gasteiger partial charge in [-0.2, -0.15) is 0 Å². The number of nitrogens with zero attached hydrogens (tertiary/aromatic N) is 2. The molecule has 1 saturated heterocycles. The van der Waals surface area contributed by atoms with E-state index in [4.69, 9.17) is 23.3 Å². The number of quaternary nitrogens is 1. The second-order valence-electron chi connectivity index (χ2n) is 18.9. The third-order valence-electron chi connectivity index (χ3n) is 11.4. The van der Waals surface area contributed by atoms with Crippen LogP contribution in [0.5, 0.6) is 0 Å². The van der Waals surface area contributed by atoms with Crippen molar-refractivity contribution in [2.45, 2.75) is 231 Å². The molecule has 12 nitrogen and oxygen atoms in total. The smallest absolute Gasteiger partial charge is 0.502 e. The topological polar surface area (TPSA) is 144 Å². The molecule has 1 rings (SSSR count). The molecule has 349 valence electrons. The summed E-state index contributed by atoms with van der Waals surface area (Å²) in [6.07, 6.45) is 29.0. The molecule has 1 aliphatic rings. The minimum atomic E-state index is -4.67. The summed E-state index contributed by atoms with van der Waals surface area (Å²) in [6, 6.07) is 0. The Morgan fingerprint density at radius 1 is 0.661 bits per heavy atom. The van der Waals surface area contributed by atoms with Gasteiger partial charge in [0.05, 0.1) is 34.4 Å². The normalized spacial score (nSPS) is 18.5. The second-order valence-corrected chi connectivity index (χ2v) is 20.3. The molecule has 0 aromatic rings. The fraction of sp³-hybridized carbons (Fsp3) is 0.957. The van der Waals surface area contributed by atoms with Gasteiger partial charge >= 0.3 is 19.8 Å². The molecule has 0 aromatic heterocycles. The molecule has 0 N–H and O–H groups in total. The number of unbranched alkanes of at least 4 members (excludes halogenated alkanes) is 22. The Morgan fingerprint density at radius 2 is 1.08 bits per heavy atom. The average Bonchev–Trinajstić information content (AvgIpc) is 3.40. The number of rotatable bonds is 40. The summed E-state index contributed by atoms with van der Waals surface area (Å²) >= 11 is 0. The number of esters is 2. The standard InChI is InChI=1S/C46H90N2O10P/c1-8-10-12-14-16-18-19-20-21-22-24-26-29-34-44(50)58-42(40-57-59(52,53)56-38-37-48(5,6)7)39-54-43(49)33-30-28-32-36-46(47(51)45(3,4)41-55-46)35-31-27-25-23-17-15-13-11-9-2/h42H,8-41H2,1-7H3. The summed E-state index contributed by atoms with van der Waals surface area (Å²) in [4.78, 5) is 38.0. The average molecular weight is 862 g/mol. The van der Waals surface area contributed by atoms with Crippen LogP contribution >= 0.6 is 7.82 Å². The molecule has 3 unspecified atom stereocenters. The number of hydrogen-bond acceptors (Lipinski definition) is 10. The van der Waals surface area contributed by atoms with Crippen molar-refractivity contribution in [3.63, 3.8) is 0 Å². The summed E-state index contributed by atoms with van der Waals surface area (Å²) in [5, 5.41) is 14.6. The molecule has 0 aromatic carbocycles. The van der Waals surface area contributed by atoms with E-state index in [2.05, 4.69) is 13.8 Å². The highest BCUT2D eigenvalue weighted by atomic mass is 31.2. The van der Waals surface area contributed by atoms with Gasteiger partial charge in [-0.05, 0) is 52.4 Å². The number of ether oxygens (including phenoxy) is 3. The predicted molar refractivity (Wildman–Crippen MR) is 237 cm³/mol. The van der Waals surface area contributed by atoms with Crippen LogP contribution < -0.4 is 0 Å². The third-order valence-corrected chi connectivity index (χ3v) is 12.3. The minimum Gasteiger partial charge on any atom is -0.783 e. The Kier molecular flexibility index (Phi) is 30.8. The Labute approximate surface area is 361 Å². The van der Waals surface area contributed by atoms with Crippen LogP contribution in [0.3, 0.4) is 0 Å². The highest BCUT2D eigenvalue weighted by Crippen LogP contribution is 2.44. The van der Waals surface area contributed by atoms with Gasteiger partial charge in [-0.25, -0.2) is 4.57 Å². The van der Waals surface area contributed by atoms with Crippen molar-refractivity contribution in [2.75, 3.05) is 54.1 Å². The molecular formula is C46H90N2O10P. The van der Waals surface area contributed by atoms with E-state index >= 15 is 0 Å². The fourth-order valence-electron chi connectivity index (χ4n) is 7.56. The van der Waals surface area contributed by atoms with Gasteiger partial charge in [0.25, 0.3) is 0 Å². The molecule has 3 atom stereocenters. The first-order valence-corrected chi connectivity index (χ1v) is 25.4. The number of likely N-dealkylation sites (N-methyl/N-ethyl adjacent to an activating group) is 1. The van der Waals surface area contributed by atoms with Crippen molar-refractivity contribution in [1.29, 1.82) is 0 Å². The van der Waals surface area contributed by atoms with Crippen LogP contribution in [0.15, 0.2) is 0 Å². The molecule has 13 heteroatoms. The maximum Gasteiger partial charge on any atom is 0.502 e. The molecule has 1 radical (unpaired) electrons. The van der Waals surface area contributed by atoms with Crippen LogP contribution in [0.1, 0.15) is 214 Å². The molecule has 1 heterocycles. The van der Waals surface area contributed by atoms with Gasteiger partial charge in [0.1, 0.15) is 25.5 Å². The second kappa shape index (κ2) is 32.5. The Hall–Kier alpha value is -1.11. The van der Waals surface area contributed by atoms with Gasteiger partial charge in [0.15, 0.2) is 6.10 Å². The van der Waals surface area contributed by atoms with E-state index in [-0.39, 0.29) is 26.1 Å². The molecule has 0 aliphatic carbocycles. The van der Waals surface area contributed by atoms with Gasteiger partial charge in [-0.3, -0.25) is 18.6 Å². The van der Waals surface area contributed by atoms with Crippen LogP contribution in [0.2, 0.25) is 0 Å². The van der Waals surface area contributed by atoms with Crippen molar-refractivity contribution >= 4 is 19.8 Å². The van der Waals surface area contributed by atoms with Crippen LogP contribution in [0, 0.1) is 5.21 Å². The minimum absolute atomic E-state index is 0.0557. The maximum atomic E-state index is 13.4. The molecular weight excluding hydrogens is 771 g/mol.